The molecule has 0 radical (unpaired) electrons. The molecular formula is C23H25FN2O3. The third-order valence-electron chi connectivity index (χ3n) is 5.48. The number of amides is 2. The molecule has 29 heavy (non-hydrogen) atoms. The van der Waals surface area contributed by atoms with Crippen molar-refractivity contribution in [2.24, 2.45) is 5.92 Å². The number of nitrogens with zero attached hydrogens (tertiary/aromatic N) is 1. The van der Waals surface area contributed by atoms with E-state index in [1.165, 1.54) is 6.07 Å². The zero-order chi connectivity index (χ0) is 20.7. The van der Waals surface area contributed by atoms with E-state index < -0.39 is 6.09 Å². The standard InChI is InChI=1S/C23H25FN2O3/c1-13(2)21-12-29-23(28)26(21)18-10-15(19-7-4-14(3)8-20(19)24)9-16(11-18)22(27)25-17-5-6-17/h4,7-11,13,17,21H,5-6,12H2,1-3H3,(H,25,27)/t21-/m0/s1. The summed E-state index contributed by atoms with van der Waals surface area (Å²) >= 11 is 0. The Balaban J connectivity index is 1.81. The van der Waals surface area contributed by atoms with Crippen molar-refractivity contribution < 1.29 is 18.7 Å². The second kappa shape index (κ2) is 7.50. The maximum absolute atomic E-state index is 14.7. The molecule has 0 aromatic heterocycles. The largest absolute Gasteiger partial charge is 0.447 e. The summed E-state index contributed by atoms with van der Waals surface area (Å²) in [5, 5.41) is 2.97. The summed E-state index contributed by atoms with van der Waals surface area (Å²) in [5.41, 5.74) is 2.73. The summed E-state index contributed by atoms with van der Waals surface area (Å²) in [7, 11) is 0. The van der Waals surface area contributed by atoms with Crippen LogP contribution in [0.5, 0.6) is 0 Å². The van der Waals surface area contributed by atoms with Crippen LogP contribution in [0, 0.1) is 18.7 Å². The topological polar surface area (TPSA) is 58.6 Å². The van der Waals surface area contributed by atoms with E-state index in [-0.39, 0.29) is 29.7 Å². The molecule has 1 aliphatic heterocycles. The predicted molar refractivity (Wildman–Crippen MR) is 110 cm³/mol. The van der Waals surface area contributed by atoms with E-state index in [0.29, 0.717) is 29.0 Å². The fraction of sp³-hybridized carbons (Fsp3) is 0.391. The molecule has 0 spiro atoms. The lowest BCUT2D eigenvalue weighted by molar-refractivity contribution is 0.0951. The van der Waals surface area contributed by atoms with Gasteiger partial charge < -0.3 is 10.1 Å². The second-order valence-electron chi connectivity index (χ2n) is 8.26. The summed E-state index contributed by atoms with van der Waals surface area (Å²) in [6.07, 6.45) is 1.50. The summed E-state index contributed by atoms with van der Waals surface area (Å²) in [4.78, 5) is 26.8. The molecule has 6 heteroatoms. The highest BCUT2D eigenvalue weighted by Crippen LogP contribution is 2.34. The van der Waals surface area contributed by atoms with Crippen LogP contribution in [0.3, 0.4) is 0 Å². The minimum atomic E-state index is -0.446. The number of carbonyl (C=O) groups excluding carboxylic acids is 2. The molecule has 2 aliphatic rings. The first-order valence-corrected chi connectivity index (χ1v) is 10.0. The smallest absolute Gasteiger partial charge is 0.414 e. The van der Waals surface area contributed by atoms with Crippen molar-refractivity contribution in [3.63, 3.8) is 0 Å². The van der Waals surface area contributed by atoms with Gasteiger partial charge in [0.15, 0.2) is 0 Å². The molecule has 0 unspecified atom stereocenters. The van der Waals surface area contributed by atoms with Crippen molar-refractivity contribution in [2.75, 3.05) is 11.5 Å². The van der Waals surface area contributed by atoms with Gasteiger partial charge in [0.2, 0.25) is 0 Å². The summed E-state index contributed by atoms with van der Waals surface area (Å²) in [5.74, 6) is -0.401. The van der Waals surface area contributed by atoms with Gasteiger partial charge in [0.05, 0.1) is 6.04 Å². The van der Waals surface area contributed by atoms with Crippen LogP contribution >= 0.6 is 0 Å². The molecule has 1 N–H and O–H groups in total. The molecule has 1 saturated heterocycles. The molecule has 1 atom stereocenters. The lowest BCUT2D eigenvalue weighted by Crippen LogP contribution is -2.37. The Morgan fingerprint density at radius 1 is 1.21 bits per heavy atom. The molecule has 0 bridgehead atoms. The molecule has 5 nitrogen and oxygen atoms in total. The average molecular weight is 396 g/mol. The van der Waals surface area contributed by atoms with Crippen molar-refractivity contribution >= 4 is 17.7 Å². The first-order chi connectivity index (χ1) is 13.8. The lowest BCUT2D eigenvalue weighted by Gasteiger charge is -2.25. The molecule has 2 aromatic carbocycles. The number of rotatable bonds is 5. The van der Waals surface area contributed by atoms with Gasteiger partial charge in [0.1, 0.15) is 12.4 Å². The van der Waals surface area contributed by atoms with E-state index in [9.17, 15) is 14.0 Å². The van der Waals surface area contributed by atoms with Crippen LogP contribution in [0.4, 0.5) is 14.9 Å². The van der Waals surface area contributed by atoms with Crippen LogP contribution in [-0.4, -0.2) is 30.7 Å². The van der Waals surface area contributed by atoms with Crippen LogP contribution < -0.4 is 10.2 Å². The van der Waals surface area contributed by atoms with Crippen molar-refractivity contribution in [2.45, 2.75) is 45.7 Å². The number of carbonyl (C=O) groups is 2. The van der Waals surface area contributed by atoms with E-state index in [1.807, 2.05) is 26.8 Å². The number of ether oxygens (including phenoxy) is 1. The zero-order valence-electron chi connectivity index (χ0n) is 16.9. The van der Waals surface area contributed by atoms with Gasteiger partial charge in [-0.15, -0.1) is 0 Å². The van der Waals surface area contributed by atoms with E-state index in [4.69, 9.17) is 4.74 Å². The number of benzene rings is 2. The number of anilines is 1. The highest BCUT2D eigenvalue weighted by molar-refractivity contribution is 5.99. The Hall–Kier alpha value is -2.89. The minimum Gasteiger partial charge on any atom is -0.447 e. The molecule has 1 heterocycles. The van der Waals surface area contributed by atoms with Gasteiger partial charge in [-0.1, -0.05) is 26.0 Å². The number of cyclic esters (lactones) is 1. The van der Waals surface area contributed by atoms with Gasteiger partial charge in [-0.25, -0.2) is 9.18 Å². The van der Waals surface area contributed by atoms with Crippen LogP contribution in [-0.2, 0) is 4.74 Å². The van der Waals surface area contributed by atoms with Crippen LogP contribution in [0.25, 0.3) is 11.1 Å². The Morgan fingerprint density at radius 3 is 2.62 bits per heavy atom. The Labute approximate surface area is 169 Å². The molecule has 2 fully saturated rings. The number of halogens is 1. The van der Waals surface area contributed by atoms with E-state index >= 15 is 0 Å². The third kappa shape index (κ3) is 3.97. The van der Waals surface area contributed by atoms with E-state index in [2.05, 4.69) is 5.32 Å². The number of aryl methyl sites for hydroxylation is 1. The molecule has 152 valence electrons. The monoisotopic (exact) mass is 396 g/mol. The summed E-state index contributed by atoms with van der Waals surface area (Å²) < 4.78 is 19.9. The fourth-order valence-corrected chi connectivity index (χ4v) is 3.61. The number of hydrogen-bond acceptors (Lipinski definition) is 3. The van der Waals surface area contributed by atoms with Crippen molar-refractivity contribution in [3.8, 4) is 11.1 Å². The van der Waals surface area contributed by atoms with Crippen LogP contribution in [0.1, 0.15) is 42.6 Å². The first kappa shape index (κ1) is 19.4. The molecule has 1 saturated carbocycles. The van der Waals surface area contributed by atoms with Gasteiger partial charge in [0.25, 0.3) is 5.91 Å². The Bertz CT molecular complexity index is 969. The normalized spacial score (nSPS) is 18.9. The third-order valence-corrected chi connectivity index (χ3v) is 5.48. The fourth-order valence-electron chi connectivity index (χ4n) is 3.61. The molecule has 1 aliphatic carbocycles. The zero-order valence-corrected chi connectivity index (χ0v) is 16.9. The summed E-state index contributed by atoms with van der Waals surface area (Å²) in [6, 6.07) is 10.2. The van der Waals surface area contributed by atoms with Gasteiger partial charge >= 0.3 is 6.09 Å². The predicted octanol–water partition coefficient (Wildman–Crippen LogP) is 4.67. The van der Waals surface area contributed by atoms with E-state index in [0.717, 1.165) is 18.4 Å². The molecule has 2 amide bonds. The molecule has 2 aromatic rings. The SMILES string of the molecule is Cc1ccc(-c2cc(C(=O)NC3CC3)cc(N3C(=O)OC[C@H]3C(C)C)c2)c(F)c1. The highest BCUT2D eigenvalue weighted by Gasteiger charge is 2.37. The van der Waals surface area contributed by atoms with Gasteiger partial charge in [-0.2, -0.15) is 0 Å². The highest BCUT2D eigenvalue weighted by atomic mass is 19.1. The first-order valence-electron chi connectivity index (χ1n) is 10.0. The van der Waals surface area contributed by atoms with Gasteiger partial charge in [0, 0.05) is 22.9 Å². The minimum absolute atomic E-state index is 0.139. The molecule has 4 rings (SSSR count). The number of nitrogens with one attached hydrogen (secondary N) is 1. The van der Waals surface area contributed by atoms with Crippen LogP contribution in [0.2, 0.25) is 0 Å². The summed E-state index contributed by atoms with van der Waals surface area (Å²) in [6.45, 7) is 6.15. The lowest BCUT2D eigenvalue weighted by atomic mass is 9.98. The Morgan fingerprint density at radius 2 is 1.97 bits per heavy atom. The van der Waals surface area contributed by atoms with Crippen LogP contribution in [0.15, 0.2) is 36.4 Å². The van der Waals surface area contributed by atoms with Crippen molar-refractivity contribution in [1.82, 2.24) is 5.32 Å². The van der Waals surface area contributed by atoms with Crippen molar-refractivity contribution in [3.05, 3.63) is 53.3 Å². The quantitative estimate of drug-likeness (QED) is 0.799. The van der Waals surface area contributed by atoms with Crippen molar-refractivity contribution in [1.29, 1.82) is 0 Å². The maximum Gasteiger partial charge on any atom is 0.414 e. The maximum atomic E-state index is 14.7. The second-order valence-corrected chi connectivity index (χ2v) is 8.26. The number of hydrogen-bond donors (Lipinski definition) is 1. The Kier molecular flexibility index (Phi) is 5.03. The van der Waals surface area contributed by atoms with Gasteiger partial charge in [-0.3, -0.25) is 9.69 Å². The van der Waals surface area contributed by atoms with E-state index in [1.54, 1.807) is 29.2 Å². The molecular weight excluding hydrogens is 371 g/mol. The average Bonchev–Trinajstić information content (AvgIpc) is 3.39. The van der Waals surface area contributed by atoms with Gasteiger partial charge in [-0.05, 0) is 61.1 Å².